The fourth-order valence-corrected chi connectivity index (χ4v) is 5.46. The van der Waals surface area contributed by atoms with E-state index in [1.54, 1.807) is 0 Å². The summed E-state index contributed by atoms with van der Waals surface area (Å²) in [5.41, 5.74) is 0. The van der Waals surface area contributed by atoms with Crippen LogP contribution in [-0.4, -0.2) is 82.4 Å². The van der Waals surface area contributed by atoms with Crippen LogP contribution < -0.4 is 4.89 Å². The van der Waals surface area contributed by atoms with E-state index < -0.39 is 19.9 Å². The lowest BCUT2D eigenvalue weighted by Crippen LogP contribution is -2.37. The second-order valence-corrected chi connectivity index (χ2v) is 14.4. The Morgan fingerprint density at radius 1 is 0.674 bits per heavy atom. The summed E-state index contributed by atoms with van der Waals surface area (Å²) in [6.45, 7) is 3.78. The van der Waals surface area contributed by atoms with Gasteiger partial charge in [-0.2, -0.15) is 0 Å². The number of carboxylic acids is 1. The van der Waals surface area contributed by atoms with Crippen LogP contribution in [0.3, 0.4) is 0 Å². The predicted molar refractivity (Wildman–Crippen MR) is 173 cm³/mol. The van der Waals surface area contributed by atoms with Crippen molar-refractivity contribution in [2.45, 2.75) is 148 Å². The first kappa shape index (κ1) is 42.5. The van der Waals surface area contributed by atoms with E-state index in [2.05, 4.69) is 6.92 Å². The highest BCUT2D eigenvalue weighted by Crippen LogP contribution is 2.38. The Hall–Kier alpha value is -0.540. The molecule has 0 aliphatic carbocycles. The molecule has 0 radical (unpaired) electrons. The van der Waals surface area contributed by atoms with Gasteiger partial charge in [-0.05, 0) is 19.3 Å². The number of unbranched alkanes of at least 4 members (excludes halogenated alkanes) is 18. The second-order valence-electron chi connectivity index (χ2n) is 13.0. The van der Waals surface area contributed by atoms with Gasteiger partial charge in [-0.3, -0.25) is 9.36 Å². The van der Waals surface area contributed by atoms with Crippen LogP contribution in [0.15, 0.2) is 0 Å². The van der Waals surface area contributed by atoms with E-state index in [1.165, 1.54) is 103 Å². The maximum Gasteiger partial charge on any atom is 0.303 e. The number of nitrogens with zero attached hydrogens (tertiary/aromatic N) is 1. The third kappa shape index (κ3) is 34.2. The minimum atomic E-state index is -4.44. The lowest BCUT2D eigenvalue weighted by Gasteiger charge is -2.28. The molecular weight excluding hydrogens is 569 g/mol. The number of phosphoric acid groups is 1. The topological polar surface area (TPSA) is 114 Å². The first-order chi connectivity index (χ1) is 20.6. The van der Waals surface area contributed by atoms with Gasteiger partial charge in [0.05, 0.1) is 34.4 Å². The summed E-state index contributed by atoms with van der Waals surface area (Å²) in [6.07, 6.45) is 24.5. The molecule has 10 heteroatoms. The standard InChI is InChI=1S/C33H68NO8P/c1-5-6-7-8-9-10-11-12-13-14-15-16-17-18-19-20-21-23-27-39-30-32(40-28-24-22-25-33(35)36)31-42-43(37,38)41-29-26-34(2,3)4/h32H,5-31H2,1-4H3,(H-,35,36,37,38)/t32-/m1/s1. The Labute approximate surface area is 264 Å². The smallest absolute Gasteiger partial charge is 0.303 e. The number of quaternary nitrogens is 1. The molecule has 0 heterocycles. The molecule has 0 aliphatic heterocycles. The SMILES string of the molecule is CCCCCCCCCCCCCCCCCCCCOC[C@H](COP(=O)([O-])OCC[N+](C)(C)C)OCCCCC(=O)O. The van der Waals surface area contributed by atoms with E-state index in [0.717, 1.165) is 12.8 Å². The van der Waals surface area contributed by atoms with Gasteiger partial charge in [0.25, 0.3) is 7.82 Å². The Kier molecular flexibility index (Phi) is 28.5. The highest BCUT2D eigenvalue weighted by atomic mass is 31.2. The average Bonchev–Trinajstić information content (AvgIpc) is 2.93. The summed E-state index contributed by atoms with van der Waals surface area (Å²) >= 11 is 0. The zero-order valence-corrected chi connectivity index (χ0v) is 29.3. The largest absolute Gasteiger partial charge is 0.756 e. The molecule has 0 amide bonds. The van der Waals surface area contributed by atoms with Crippen LogP contribution >= 0.6 is 7.82 Å². The second kappa shape index (κ2) is 28.9. The molecule has 0 spiro atoms. The van der Waals surface area contributed by atoms with Crippen LogP contribution in [0.25, 0.3) is 0 Å². The minimum Gasteiger partial charge on any atom is -0.756 e. The first-order valence-electron chi connectivity index (χ1n) is 17.4. The average molecular weight is 638 g/mol. The number of ether oxygens (including phenoxy) is 2. The summed E-state index contributed by atoms with van der Waals surface area (Å²) in [6, 6.07) is 0. The Balaban J connectivity index is 3.89. The number of aliphatic carboxylic acids is 1. The van der Waals surface area contributed by atoms with Crippen LogP contribution in [0.2, 0.25) is 0 Å². The zero-order chi connectivity index (χ0) is 32.1. The van der Waals surface area contributed by atoms with Crippen LogP contribution in [-0.2, 0) is 27.9 Å². The van der Waals surface area contributed by atoms with E-state index in [1.807, 2.05) is 21.1 Å². The first-order valence-corrected chi connectivity index (χ1v) is 18.8. The number of carbonyl (C=O) groups is 1. The monoisotopic (exact) mass is 637 g/mol. The molecule has 0 saturated carbocycles. The van der Waals surface area contributed by atoms with Crippen molar-refractivity contribution in [2.75, 3.05) is 60.7 Å². The molecule has 0 fully saturated rings. The highest BCUT2D eigenvalue weighted by molar-refractivity contribution is 7.45. The fourth-order valence-electron chi connectivity index (χ4n) is 4.73. The van der Waals surface area contributed by atoms with Gasteiger partial charge in [-0.15, -0.1) is 0 Å². The maximum absolute atomic E-state index is 12.1. The van der Waals surface area contributed by atoms with Crippen molar-refractivity contribution in [1.82, 2.24) is 0 Å². The third-order valence-electron chi connectivity index (χ3n) is 7.51. The molecule has 0 aromatic heterocycles. The van der Waals surface area contributed by atoms with Crippen molar-refractivity contribution in [3.8, 4) is 0 Å². The predicted octanol–water partition coefficient (Wildman–Crippen LogP) is 7.89. The number of hydrogen-bond acceptors (Lipinski definition) is 7. The summed E-state index contributed by atoms with van der Waals surface area (Å²) in [4.78, 5) is 22.8. The zero-order valence-electron chi connectivity index (χ0n) is 28.4. The van der Waals surface area contributed by atoms with Crippen molar-refractivity contribution < 1.29 is 42.4 Å². The van der Waals surface area contributed by atoms with Crippen LogP contribution in [0.1, 0.15) is 142 Å². The Morgan fingerprint density at radius 2 is 1.14 bits per heavy atom. The quantitative estimate of drug-likeness (QED) is 0.0430. The van der Waals surface area contributed by atoms with Crippen molar-refractivity contribution >= 4 is 13.8 Å². The van der Waals surface area contributed by atoms with E-state index in [0.29, 0.717) is 37.1 Å². The molecule has 0 bridgehead atoms. The molecule has 258 valence electrons. The van der Waals surface area contributed by atoms with E-state index in [9.17, 15) is 14.3 Å². The van der Waals surface area contributed by atoms with E-state index in [-0.39, 0.29) is 26.2 Å². The third-order valence-corrected chi connectivity index (χ3v) is 8.48. The van der Waals surface area contributed by atoms with Crippen LogP contribution in [0.5, 0.6) is 0 Å². The van der Waals surface area contributed by atoms with Gasteiger partial charge in [0.15, 0.2) is 0 Å². The summed E-state index contributed by atoms with van der Waals surface area (Å²) in [5, 5.41) is 8.79. The molecule has 0 saturated heterocycles. The lowest BCUT2D eigenvalue weighted by molar-refractivity contribution is -0.870. The normalized spacial score (nSPS) is 14.2. The molecule has 0 aromatic rings. The molecule has 0 rings (SSSR count). The van der Waals surface area contributed by atoms with Gasteiger partial charge >= 0.3 is 5.97 Å². The molecule has 2 atom stereocenters. The number of hydrogen-bond donors (Lipinski definition) is 1. The summed E-state index contributed by atoms with van der Waals surface area (Å²) in [7, 11) is 1.41. The van der Waals surface area contributed by atoms with Crippen LogP contribution in [0.4, 0.5) is 0 Å². The van der Waals surface area contributed by atoms with Crippen molar-refractivity contribution in [3.05, 3.63) is 0 Å². The van der Waals surface area contributed by atoms with Gasteiger partial charge in [0.1, 0.15) is 19.3 Å². The number of rotatable bonds is 34. The highest BCUT2D eigenvalue weighted by Gasteiger charge is 2.18. The molecule has 43 heavy (non-hydrogen) atoms. The molecular formula is C33H68NO8P. The molecule has 1 N–H and O–H groups in total. The van der Waals surface area contributed by atoms with Crippen LogP contribution in [0, 0.1) is 0 Å². The molecule has 1 unspecified atom stereocenters. The molecule has 9 nitrogen and oxygen atoms in total. The summed E-state index contributed by atoms with van der Waals surface area (Å²) in [5.74, 6) is -0.842. The number of likely N-dealkylation sites (N-methyl/N-ethyl adjacent to an activating group) is 1. The lowest BCUT2D eigenvalue weighted by atomic mass is 10.0. The van der Waals surface area contributed by atoms with Gasteiger partial charge in [0.2, 0.25) is 0 Å². The van der Waals surface area contributed by atoms with Crippen molar-refractivity contribution in [1.29, 1.82) is 0 Å². The fraction of sp³-hybridized carbons (Fsp3) is 0.970. The summed E-state index contributed by atoms with van der Waals surface area (Å²) < 4.78 is 34.3. The number of carboxylic acid groups (broad SMARTS) is 1. The molecule has 0 aromatic carbocycles. The van der Waals surface area contributed by atoms with E-state index in [4.69, 9.17) is 23.6 Å². The van der Waals surface area contributed by atoms with Gasteiger partial charge in [-0.25, -0.2) is 0 Å². The minimum absolute atomic E-state index is 0.0425. The Bertz CT molecular complexity index is 674. The van der Waals surface area contributed by atoms with Gasteiger partial charge in [0, 0.05) is 19.6 Å². The number of phosphoric ester groups is 1. The van der Waals surface area contributed by atoms with Gasteiger partial charge < -0.3 is 33.0 Å². The van der Waals surface area contributed by atoms with Gasteiger partial charge in [-0.1, -0.05) is 116 Å². The maximum atomic E-state index is 12.1. The molecule has 0 aliphatic rings. The van der Waals surface area contributed by atoms with E-state index >= 15 is 0 Å². The van der Waals surface area contributed by atoms with Crippen molar-refractivity contribution in [2.24, 2.45) is 0 Å². The van der Waals surface area contributed by atoms with Crippen molar-refractivity contribution in [3.63, 3.8) is 0 Å². The Morgan fingerprint density at radius 3 is 1.60 bits per heavy atom.